The Morgan fingerprint density at radius 3 is 2.44 bits per heavy atom. The molecule has 5 heteroatoms. The minimum absolute atomic E-state index is 0.0694. The van der Waals surface area contributed by atoms with E-state index in [0.717, 1.165) is 17.8 Å². The van der Waals surface area contributed by atoms with E-state index in [9.17, 15) is 8.78 Å². The van der Waals surface area contributed by atoms with Crippen LogP contribution in [0.5, 0.6) is 0 Å². The van der Waals surface area contributed by atoms with Crippen molar-refractivity contribution in [1.29, 1.82) is 0 Å². The summed E-state index contributed by atoms with van der Waals surface area (Å²) in [6.07, 6.45) is 1.64. The van der Waals surface area contributed by atoms with Crippen LogP contribution in [0, 0.1) is 11.6 Å². The predicted octanol–water partition coefficient (Wildman–Crippen LogP) is 2.58. The molecule has 2 rings (SSSR count). The van der Waals surface area contributed by atoms with E-state index in [0.29, 0.717) is 6.54 Å². The number of anilines is 2. The van der Waals surface area contributed by atoms with Crippen LogP contribution in [0.4, 0.5) is 20.2 Å². The van der Waals surface area contributed by atoms with Crippen molar-refractivity contribution in [3.8, 4) is 0 Å². The fraction of sp³-hybridized carbons (Fsp3) is 0.154. The second kappa shape index (κ2) is 5.00. The molecule has 18 heavy (non-hydrogen) atoms. The number of hydrogen-bond acceptors (Lipinski definition) is 3. The molecule has 0 fully saturated rings. The Bertz CT molecular complexity index is 520. The standard InChI is InChI=1S/C13H13F2N3/c1-18(8-10-4-2-3-5-17-10)13-11(14)6-9(16)7-12(13)15/h2-7H,8,16H2,1H3. The van der Waals surface area contributed by atoms with Crippen molar-refractivity contribution in [3.05, 3.63) is 53.9 Å². The quantitative estimate of drug-likeness (QED) is 0.850. The zero-order valence-corrected chi connectivity index (χ0v) is 9.90. The van der Waals surface area contributed by atoms with Gasteiger partial charge in [0, 0.05) is 18.9 Å². The van der Waals surface area contributed by atoms with Gasteiger partial charge in [0.05, 0.1) is 12.2 Å². The fourth-order valence-corrected chi connectivity index (χ4v) is 1.76. The number of aromatic nitrogens is 1. The van der Waals surface area contributed by atoms with Crippen molar-refractivity contribution < 1.29 is 8.78 Å². The molecule has 0 aliphatic rings. The lowest BCUT2D eigenvalue weighted by molar-refractivity contribution is 0.577. The summed E-state index contributed by atoms with van der Waals surface area (Å²) in [6, 6.07) is 7.62. The minimum atomic E-state index is -0.675. The molecule has 0 aliphatic carbocycles. The van der Waals surface area contributed by atoms with Gasteiger partial charge in [-0.15, -0.1) is 0 Å². The van der Waals surface area contributed by atoms with Crippen LogP contribution >= 0.6 is 0 Å². The normalized spacial score (nSPS) is 10.4. The van der Waals surface area contributed by atoms with Crippen LogP contribution in [-0.2, 0) is 6.54 Å². The van der Waals surface area contributed by atoms with Crippen LogP contribution < -0.4 is 10.6 Å². The highest BCUT2D eigenvalue weighted by Crippen LogP contribution is 2.25. The molecule has 1 aromatic carbocycles. The van der Waals surface area contributed by atoms with E-state index in [1.54, 1.807) is 25.4 Å². The maximum atomic E-state index is 13.7. The lowest BCUT2D eigenvalue weighted by Crippen LogP contribution is -2.20. The van der Waals surface area contributed by atoms with Crippen LogP contribution in [0.3, 0.4) is 0 Å². The van der Waals surface area contributed by atoms with Crippen LogP contribution in [0.1, 0.15) is 5.69 Å². The van der Waals surface area contributed by atoms with Crippen molar-refractivity contribution in [2.75, 3.05) is 17.7 Å². The molecule has 94 valence electrons. The number of halogens is 2. The summed E-state index contributed by atoms with van der Waals surface area (Å²) >= 11 is 0. The molecule has 0 radical (unpaired) electrons. The van der Waals surface area contributed by atoms with E-state index in [1.807, 2.05) is 6.07 Å². The van der Waals surface area contributed by atoms with Gasteiger partial charge in [0.2, 0.25) is 0 Å². The maximum absolute atomic E-state index is 13.7. The smallest absolute Gasteiger partial charge is 0.151 e. The summed E-state index contributed by atoms with van der Waals surface area (Å²) in [5, 5.41) is 0. The van der Waals surface area contributed by atoms with E-state index in [4.69, 9.17) is 5.73 Å². The molecule has 0 aliphatic heterocycles. The molecule has 1 aromatic heterocycles. The van der Waals surface area contributed by atoms with E-state index in [1.165, 1.54) is 4.90 Å². The first kappa shape index (κ1) is 12.3. The highest BCUT2D eigenvalue weighted by molar-refractivity contribution is 5.55. The third kappa shape index (κ3) is 2.56. The average molecular weight is 249 g/mol. The number of hydrogen-bond donors (Lipinski definition) is 1. The molecule has 0 saturated heterocycles. The average Bonchev–Trinajstić information content (AvgIpc) is 2.28. The van der Waals surface area contributed by atoms with E-state index in [-0.39, 0.29) is 11.4 Å². The van der Waals surface area contributed by atoms with Gasteiger partial charge >= 0.3 is 0 Å². The SMILES string of the molecule is CN(Cc1ccccn1)c1c(F)cc(N)cc1F. The molecule has 2 aromatic rings. The van der Waals surface area contributed by atoms with Gasteiger partial charge in [-0.1, -0.05) is 6.07 Å². The zero-order chi connectivity index (χ0) is 13.1. The van der Waals surface area contributed by atoms with Crippen molar-refractivity contribution in [3.63, 3.8) is 0 Å². The number of rotatable bonds is 3. The molecule has 0 unspecified atom stereocenters. The number of pyridine rings is 1. The molecule has 0 spiro atoms. The van der Waals surface area contributed by atoms with Gasteiger partial charge in [-0.25, -0.2) is 8.78 Å². The zero-order valence-electron chi connectivity index (χ0n) is 9.90. The topological polar surface area (TPSA) is 42.2 Å². The summed E-state index contributed by atoms with van der Waals surface area (Å²) < 4.78 is 27.4. The van der Waals surface area contributed by atoms with Crippen molar-refractivity contribution in [1.82, 2.24) is 4.98 Å². The Morgan fingerprint density at radius 1 is 1.22 bits per heavy atom. The van der Waals surface area contributed by atoms with Gasteiger partial charge in [0.25, 0.3) is 0 Å². The lowest BCUT2D eigenvalue weighted by atomic mass is 10.2. The van der Waals surface area contributed by atoms with Crippen molar-refractivity contribution >= 4 is 11.4 Å². The van der Waals surface area contributed by atoms with Gasteiger partial charge in [-0.2, -0.15) is 0 Å². The highest BCUT2D eigenvalue weighted by Gasteiger charge is 2.15. The van der Waals surface area contributed by atoms with E-state index >= 15 is 0 Å². The van der Waals surface area contributed by atoms with Gasteiger partial charge in [-0.3, -0.25) is 4.98 Å². The van der Waals surface area contributed by atoms with Crippen LogP contribution in [-0.4, -0.2) is 12.0 Å². The molecule has 2 N–H and O–H groups in total. The maximum Gasteiger partial charge on any atom is 0.151 e. The van der Waals surface area contributed by atoms with Crippen LogP contribution in [0.25, 0.3) is 0 Å². The Hall–Kier alpha value is -2.17. The molecular formula is C13H13F2N3. The second-order valence-electron chi connectivity index (χ2n) is 4.01. The lowest BCUT2D eigenvalue weighted by Gasteiger charge is -2.20. The Morgan fingerprint density at radius 2 is 1.89 bits per heavy atom. The first-order valence-electron chi connectivity index (χ1n) is 5.43. The third-order valence-corrected chi connectivity index (χ3v) is 2.55. The summed E-state index contributed by atoms with van der Waals surface area (Å²) in [7, 11) is 1.60. The second-order valence-corrected chi connectivity index (χ2v) is 4.01. The Kier molecular flexibility index (Phi) is 3.41. The van der Waals surface area contributed by atoms with E-state index < -0.39 is 11.6 Å². The molecule has 0 amide bonds. The van der Waals surface area contributed by atoms with Gasteiger partial charge in [-0.05, 0) is 24.3 Å². The number of nitrogen functional groups attached to an aromatic ring is 1. The number of nitrogens with zero attached hydrogens (tertiary/aromatic N) is 2. The van der Waals surface area contributed by atoms with Gasteiger partial charge in [0.1, 0.15) is 5.69 Å². The largest absolute Gasteiger partial charge is 0.399 e. The van der Waals surface area contributed by atoms with Crippen molar-refractivity contribution in [2.24, 2.45) is 0 Å². The number of nitrogens with two attached hydrogens (primary N) is 1. The Labute approximate surface area is 104 Å². The highest BCUT2D eigenvalue weighted by atomic mass is 19.1. The summed E-state index contributed by atoms with van der Waals surface area (Å²) in [6.45, 7) is 0.318. The summed E-state index contributed by atoms with van der Waals surface area (Å²) in [5.74, 6) is -1.35. The van der Waals surface area contributed by atoms with Gasteiger partial charge < -0.3 is 10.6 Å². The fourth-order valence-electron chi connectivity index (χ4n) is 1.76. The molecule has 0 saturated carbocycles. The number of benzene rings is 1. The summed E-state index contributed by atoms with van der Waals surface area (Å²) in [5.41, 5.74) is 6.07. The molecule has 0 atom stereocenters. The Balaban J connectivity index is 2.27. The third-order valence-electron chi connectivity index (χ3n) is 2.55. The van der Waals surface area contributed by atoms with Gasteiger partial charge in [0.15, 0.2) is 11.6 Å². The molecule has 0 bridgehead atoms. The minimum Gasteiger partial charge on any atom is -0.399 e. The van der Waals surface area contributed by atoms with Crippen LogP contribution in [0.2, 0.25) is 0 Å². The summed E-state index contributed by atoms with van der Waals surface area (Å²) in [4.78, 5) is 5.57. The molecule has 1 heterocycles. The predicted molar refractivity (Wildman–Crippen MR) is 67.1 cm³/mol. The van der Waals surface area contributed by atoms with E-state index in [2.05, 4.69) is 4.98 Å². The molecule has 3 nitrogen and oxygen atoms in total. The first-order valence-corrected chi connectivity index (χ1v) is 5.43. The van der Waals surface area contributed by atoms with Crippen LogP contribution in [0.15, 0.2) is 36.5 Å². The monoisotopic (exact) mass is 249 g/mol. The van der Waals surface area contributed by atoms with Crippen molar-refractivity contribution in [2.45, 2.75) is 6.54 Å². The first-order chi connectivity index (χ1) is 8.58. The molecular weight excluding hydrogens is 236 g/mol.